The van der Waals surface area contributed by atoms with Gasteiger partial charge in [0.15, 0.2) is 11.5 Å². The first-order valence-electron chi connectivity index (χ1n) is 10.2. The molecule has 1 aromatic carbocycles. The van der Waals surface area contributed by atoms with Crippen LogP contribution in [-0.2, 0) is 0 Å². The van der Waals surface area contributed by atoms with Gasteiger partial charge < -0.3 is 19.9 Å². The summed E-state index contributed by atoms with van der Waals surface area (Å²) in [6.45, 7) is 5.23. The van der Waals surface area contributed by atoms with Crippen LogP contribution in [0.1, 0.15) is 42.9 Å². The molecule has 7 nitrogen and oxygen atoms in total. The highest BCUT2D eigenvalue weighted by atomic mass is 35.5. The van der Waals surface area contributed by atoms with Crippen molar-refractivity contribution in [2.24, 2.45) is 5.92 Å². The number of aromatic amines is 1. The van der Waals surface area contributed by atoms with E-state index in [0.717, 1.165) is 41.4 Å². The van der Waals surface area contributed by atoms with E-state index in [1.807, 2.05) is 6.07 Å². The van der Waals surface area contributed by atoms with Gasteiger partial charge in [0.1, 0.15) is 17.6 Å². The molecule has 30 heavy (non-hydrogen) atoms. The molecular weight excluding hydrogens is 423 g/mol. The predicted octanol–water partition coefficient (Wildman–Crippen LogP) is 4.65. The number of fused-ring (bicyclic) bond motifs is 1. The Morgan fingerprint density at radius 3 is 2.80 bits per heavy atom. The van der Waals surface area contributed by atoms with Crippen LogP contribution in [0.4, 0.5) is 5.82 Å². The number of nitrogens with one attached hydrogen (secondary N) is 2. The van der Waals surface area contributed by atoms with Gasteiger partial charge in [0, 0.05) is 36.7 Å². The molecule has 2 fully saturated rings. The molecule has 1 aliphatic heterocycles. The molecule has 2 aromatic heterocycles. The molecule has 1 saturated heterocycles. The summed E-state index contributed by atoms with van der Waals surface area (Å²) in [5.74, 6) is 2.69. The summed E-state index contributed by atoms with van der Waals surface area (Å²) >= 11 is 13.2. The molecule has 1 atom stereocenters. The number of nitrogens with zero attached hydrogens (tertiary/aromatic N) is 4. The molecule has 1 aliphatic carbocycles. The van der Waals surface area contributed by atoms with Gasteiger partial charge in [0.25, 0.3) is 0 Å². The van der Waals surface area contributed by atoms with Crippen LogP contribution in [-0.4, -0.2) is 51.6 Å². The summed E-state index contributed by atoms with van der Waals surface area (Å²) in [5.41, 5.74) is 3.34. The van der Waals surface area contributed by atoms with E-state index in [1.165, 1.54) is 25.7 Å². The van der Waals surface area contributed by atoms with E-state index in [1.54, 1.807) is 13.4 Å². The normalized spacial score (nSPS) is 18.4. The van der Waals surface area contributed by atoms with Gasteiger partial charge in [0.2, 0.25) is 0 Å². The van der Waals surface area contributed by atoms with Crippen molar-refractivity contribution >= 4 is 40.2 Å². The van der Waals surface area contributed by atoms with Crippen molar-refractivity contribution in [2.45, 2.75) is 31.7 Å². The highest BCUT2D eigenvalue weighted by Gasteiger charge is 2.37. The number of benzene rings is 1. The molecule has 1 saturated carbocycles. The summed E-state index contributed by atoms with van der Waals surface area (Å²) in [4.78, 5) is 18.3. The van der Waals surface area contributed by atoms with Crippen molar-refractivity contribution in [1.82, 2.24) is 24.8 Å². The summed E-state index contributed by atoms with van der Waals surface area (Å²) < 4.78 is 5.87. The van der Waals surface area contributed by atoms with Crippen LogP contribution in [0.5, 0.6) is 5.75 Å². The fourth-order valence-corrected chi connectivity index (χ4v) is 4.80. The van der Waals surface area contributed by atoms with Crippen LogP contribution >= 0.6 is 23.2 Å². The van der Waals surface area contributed by atoms with E-state index in [0.29, 0.717) is 27.4 Å². The Bertz CT molecular complexity index is 1080. The van der Waals surface area contributed by atoms with Gasteiger partial charge in [-0.1, -0.05) is 23.2 Å². The Hall–Kier alpha value is -2.09. The van der Waals surface area contributed by atoms with Crippen LogP contribution < -0.4 is 10.1 Å². The quantitative estimate of drug-likeness (QED) is 0.549. The van der Waals surface area contributed by atoms with Crippen LogP contribution in [0, 0.1) is 5.92 Å². The number of aromatic nitrogens is 4. The topological polar surface area (TPSA) is 79.0 Å². The zero-order valence-electron chi connectivity index (χ0n) is 17.0. The van der Waals surface area contributed by atoms with E-state index in [9.17, 15) is 0 Å². The molecule has 0 radical (unpaired) electrons. The number of anilines is 1. The second-order valence-electron chi connectivity index (χ2n) is 8.26. The van der Waals surface area contributed by atoms with Gasteiger partial charge in [-0.3, -0.25) is 0 Å². The monoisotopic (exact) mass is 446 g/mol. The molecule has 2 N–H and O–H groups in total. The Morgan fingerprint density at radius 1 is 1.27 bits per heavy atom. The number of hydrogen-bond donors (Lipinski definition) is 2. The van der Waals surface area contributed by atoms with Gasteiger partial charge >= 0.3 is 0 Å². The molecule has 3 aromatic rings. The molecule has 0 bridgehead atoms. The van der Waals surface area contributed by atoms with Crippen LogP contribution in [0.2, 0.25) is 10.0 Å². The van der Waals surface area contributed by atoms with Gasteiger partial charge in [-0.2, -0.15) is 0 Å². The van der Waals surface area contributed by atoms with Crippen LogP contribution in [0.3, 0.4) is 0 Å². The standard InChI is InChI=1S/C21H24Cl2N6O/c1-11(28-21-18-20(25-9-24-18)26-10-27-21)14-5-15(22)17(23)16(19(14)30-2)13-7-29(8-13)6-12-3-4-12/h5,9-13H,3-4,6-8H2,1-2H3,(H2,24,25,26,27,28). The number of ether oxygens (including phenoxy) is 1. The molecule has 3 heterocycles. The first kappa shape index (κ1) is 19.8. The van der Waals surface area contributed by atoms with E-state index >= 15 is 0 Å². The molecule has 1 unspecified atom stereocenters. The van der Waals surface area contributed by atoms with Gasteiger partial charge in [0.05, 0.1) is 29.5 Å². The second kappa shape index (κ2) is 7.87. The minimum Gasteiger partial charge on any atom is -0.496 e. The third-order valence-corrected chi connectivity index (χ3v) is 6.86. The maximum Gasteiger partial charge on any atom is 0.182 e. The lowest BCUT2D eigenvalue weighted by molar-refractivity contribution is 0.139. The molecule has 0 spiro atoms. The van der Waals surface area contributed by atoms with Crippen molar-refractivity contribution < 1.29 is 4.74 Å². The van der Waals surface area contributed by atoms with Crippen molar-refractivity contribution in [2.75, 3.05) is 32.1 Å². The lowest BCUT2D eigenvalue weighted by Gasteiger charge is -2.41. The molecular formula is C21H24Cl2N6O. The Morgan fingerprint density at radius 2 is 2.07 bits per heavy atom. The van der Waals surface area contributed by atoms with Crippen LogP contribution in [0.25, 0.3) is 11.2 Å². The fraction of sp³-hybridized carbons (Fsp3) is 0.476. The molecule has 5 rings (SSSR count). The number of imidazole rings is 1. The predicted molar refractivity (Wildman–Crippen MR) is 119 cm³/mol. The third-order valence-electron chi connectivity index (χ3n) is 6.06. The van der Waals surface area contributed by atoms with E-state index in [-0.39, 0.29) is 6.04 Å². The lowest BCUT2D eigenvalue weighted by Crippen LogP contribution is -2.46. The zero-order chi connectivity index (χ0) is 20.8. The van der Waals surface area contributed by atoms with E-state index in [2.05, 4.69) is 37.1 Å². The summed E-state index contributed by atoms with van der Waals surface area (Å²) in [6, 6.07) is 1.77. The maximum absolute atomic E-state index is 6.67. The average Bonchev–Trinajstić information content (AvgIpc) is 3.39. The Kier molecular flexibility index (Phi) is 5.21. The van der Waals surface area contributed by atoms with E-state index in [4.69, 9.17) is 27.9 Å². The molecule has 158 valence electrons. The summed E-state index contributed by atoms with van der Waals surface area (Å²) in [6.07, 6.45) is 5.83. The van der Waals surface area contributed by atoms with Gasteiger partial charge in [-0.05, 0) is 31.7 Å². The fourth-order valence-electron chi connectivity index (χ4n) is 4.29. The highest BCUT2D eigenvalue weighted by molar-refractivity contribution is 6.42. The third kappa shape index (κ3) is 3.59. The Balaban J connectivity index is 1.44. The van der Waals surface area contributed by atoms with Crippen LogP contribution in [0.15, 0.2) is 18.7 Å². The number of H-pyrrole nitrogens is 1. The molecule has 9 heteroatoms. The van der Waals surface area contributed by atoms with E-state index < -0.39 is 0 Å². The SMILES string of the molecule is COc1c(C(C)Nc2ncnc3nc[nH]c23)cc(Cl)c(Cl)c1C1CN(CC2CC2)C1. The largest absolute Gasteiger partial charge is 0.496 e. The van der Waals surface area contributed by atoms with Crippen molar-refractivity contribution in [3.8, 4) is 5.75 Å². The number of hydrogen-bond acceptors (Lipinski definition) is 6. The zero-order valence-corrected chi connectivity index (χ0v) is 18.5. The highest BCUT2D eigenvalue weighted by Crippen LogP contribution is 2.46. The summed E-state index contributed by atoms with van der Waals surface area (Å²) in [7, 11) is 1.69. The minimum absolute atomic E-state index is 0.113. The van der Waals surface area contributed by atoms with Crippen molar-refractivity contribution in [1.29, 1.82) is 0 Å². The molecule has 2 aliphatic rings. The van der Waals surface area contributed by atoms with Gasteiger partial charge in [-0.25, -0.2) is 15.0 Å². The number of likely N-dealkylation sites (tertiary alicyclic amines) is 1. The average molecular weight is 447 g/mol. The number of rotatable bonds is 7. The summed E-state index contributed by atoms with van der Waals surface area (Å²) in [5, 5.41) is 4.58. The lowest BCUT2D eigenvalue weighted by atomic mass is 9.88. The van der Waals surface area contributed by atoms with Gasteiger partial charge in [-0.15, -0.1) is 0 Å². The smallest absolute Gasteiger partial charge is 0.182 e. The minimum atomic E-state index is -0.113. The van der Waals surface area contributed by atoms with Crippen molar-refractivity contribution in [3.63, 3.8) is 0 Å². The van der Waals surface area contributed by atoms with Crippen molar-refractivity contribution in [3.05, 3.63) is 39.9 Å². The second-order valence-corrected chi connectivity index (χ2v) is 9.04. The number of halogens is 2. The number of methoxy groups -OCH3 is 1. The maximum atomic E-state index is 6.67. The Labute approximate surface area is 185 Å². The first-order valence-corrected chi connectivity index (χ1v) is 11.0. The first-order chi connectivity index (χ1) is 14.5. The molecule has 0 amide bonds.